The fourth-order valence-electron chi connectivity index (χ4n) is 3.96. The first-order valence-corrected chi connectivity index (χ1v) is 11.6. The maximum absolute atomic E-state index is 13.3. The number of fused-ring (bicyclic) bond motifs is 1. The van der Waals surface area contributed by atoms with Crippen molar-refractivity contribution in [2.75, 3.05) is 7.11 Å². The van der Waals surface area contributed by atoms with Gasteiger partial charge in [0.2, 0.25) is 0 Å². The molecule has 6 nitrogen and oxygen atoms in total. The molecule has 1 amide bonds. The van der Waals surface area contributed by atoms with Crippen LogP contribution in [-0.4, -0.2) is 30.1 Å². The predicted octanol–water partition coefficient (Wildman–Crippen LogP) is 5.87. The van der Waals surface area contributed by atoms with Crippen molar-refractivity contribution in [1.29, 1.82) is 0 Å². The van der Waals surface area contributed by atoms with Crippen LogP contribution in [0, 0.1) is 0 Å². The Morgan fingerprint density at radius 3 is 2.18 bits per heavy atom. The average Bonchev–Trinajstić information content (AvgIpc) is 2.91. The van der Waals surface area contributed by atoms with Gasteiger partial charge in [-0.1, -0.05) is 54.6 Å². The van der Waals surface area contributed by atoms with E-state index in [9.17, 15) is 27.9 Å². The lowest BCUT2D eigenvalue weighted by Crippen LogP contribution is -2.42. The average molecular weight is 524 g/mol. The largest absolute Gasteiger partial charge is 0.497 e. The Kier molecular flexibility index (Phi) is 7.85. The van der Waals surface area contributed by atoms with E-state index in [4.69, 9.17) is 9.47 Å². The number of benzene rings is 4. The van der Waals surface area contributed by atoms with E-state index in [1.807, 2.05) is 12.1 Å². The number of hydrogen-bond donors (Lipinski definition) is 2. The highest BCUT2D eigenvalue weighted by atomic mass is 19.4. The summed E-state index contributed by atoms with van der Waals surface area (Å²) in [5, 5.41) is 13.7. The van der Waals surface area contributed by atoms with Gasteiger partial charge in [0.15, 0.2) is 0 Å². The zero-order valence-corrected chi connectivity index (χ0v) is 20.3. The van der Waals surface area contributed by atoms with Gasteiger partial charge in [-0.25, -0.2) is 4.79 Å². The summed E-state index contributed by atoms with van der Waals surface area (Å²) in [5.41, 5.74) is 0.496. The number of methoxy groups -OCH3 is 1. The molecule has 0 aliphatic rings. The SMILES string of the molecule is COc1ccc(C[C@H](NC(=O)c2ccc3ccccc3c2OCc2ccc(C(F)(F)F)cc2)C(=O)O)cc1. The number of amides is 1. The minimum absolute atomic E-state index is 0.0421. The molecular weight excluding hydrogens is 499 g/mol. The molecule has 2 N–H and O–H groups in total. The smallest absolute Gasteiger partial charge is 0.416 e. The van der Waals surface area contributed by atoms with Crippen LogP contribution in [0.15, 0.2) is 84.9 Å². The molecule has 0 saturated heterocycles. The Balaban J connectivity index is 1.58. The van der Waals surface area contributed by atoms with Gasteiger partial charge in [-0.15, -0.1) is 0 Å². The van der Waals surface area contributed by atoms with Crippen molar-refractivity contribution in [2.24, 2.45) is 0 Å². The maximum atomic E-state index is 13.3. The summed E-state index contributed by atoms with van der Waals surface area (Å²) in [6.45, 7) is -0.0966. The van der Waals surface area contributed by atoms with E-state index in [0.717, 1.165) is 17.5 Å². The molecule has 0 heterocycles. The number of ether oxygens (including phenoxy) is 2. The van der Waals surface area contributed by atoms with Crippen molar-refractivity contribution in [1.82, 2.24) is 5.32 Å². The molecule has 4 aromatic rings. The van der Waals surface area contributed by atoms with Crippen molar-refractivity contribution >= 4 is 22.6 Å². The van der Waals surface area contributed by atoms with Crippen LogP contribution in [0.3, 0.4) is 0 Å². The number of carbonyl (C=O) groups is 2. The molecule has 0 aliphatic heterocycles. The van der Waals surface area contributed by atoms with Crippen molar-refractivity contribution in [3.8, 4) is 11.5 Å². The number of nitrogens with one attached hydrogen (secondary N) is 1. The van der Waals surface area contributed by atoms with Crippen molar-refractivity contribution < 1.29 is 37.3 Å². The lowest BCUT2D eigenvalue weighted by Gasteiger charge is -2.18. The third-order valence-corrected chi connectivity index (χ3v) is 5.99. The van der Waals surface area contributed by atoms with Crippen LogP contribution < -0.4 is 14.8 Å². The fourth-order valence-corrected chi connectivity index (χ4v) is 3.96. The van der Waals surface area contributed by atoms with Crippen LogP contribution in [-0.2, 0) is 24.0 Å². The molecule has 0 spiro atoms. The quantitative estimate of drug-likeness (QED) is 0.287. The summed E-state index contributed by atoms with van der Waals surface area (Å²) in [5.74, 6) is -1.04. The normalized spacial score (nSPS) is 12.1. The summed E-state index contributed by atoms with van der Waals surface area (Å²) in [4.78, 5) is 25.2. The number of carbonyl (C=O) groups excluding carboxylic acids is 1. The van der Waals surface area contributed by atoms with Crippen molar-refractivity contribution in [2.45, 2.75) is 25.2 Å². The Hall–Kier alpha value is -4.53. The van der Waals surface area contributed by atoms with Crippen molar-refractivity contribution in [3.63, 3.8) is 0 Å². The second-order valence-corrected chi connectivity index (χ2v) is 8.56. The van der Waals surface area contributed by atoms with E-state index in [0.29, 0.717) is 22.3 Å². The zero-order chi connectivity index (χ0) is 27.3. The molecule has 1 atom stereocenters. The predicted molar refractivity (Wildman–Crippen MR) is 135 cm³/mol. The molecule has 0 radical (unpaired) electrons. The highest BCUT2D eigenvalue weighted by molar-refractivity contribution is 6.04. The molecule has 0 aromatic heterocycles. The van der Waals surface area contributed by atoms with E-state index in [2.05, 4.69) is 5.32 Å². The Bertz CT molecular complexity index is 1430. The molecule has 0 unspecified atom stereocenters. The highest BCUT2D eigenvalue weighted by Gasteiger charge is 2.30. The van der Waals surface area contributed by atoms with E-state index in [1.54, 1.807) is 42.5 Å². The fraction of sp³-hybridized carbons (Fsp3) is 0.172. The molecule has 0 aliphatic carbocycles. The molecule has 38 heavy (non-hydrogen) atoms. The molecule has 4 aromatic carbocycles. The van der Waals surface area contributed by atoms with Crippen LogP contribution in [0.25, 0.3) is 10.8 Å². The van der Waals surface area contributed by atoms with Gasteiger partial charge in [0, 0.05) is 11.8 Å². The maximum Gasteiger partial charge on any atom is 0.416 e. The number of carboxylic acids is 1. The van der Waals surface area contributed by atoms with Crippen molar-refractivity contribution in [3.05, 3.63) is 107 Å². The minimum atomic E-state index is -4.45. The van der Waals surface area contributed by atoms with Crippen LogP contribution >= 0.6 is 0 Å². The lowest BCUT2D eigenvalue weighted by atomic mass is 10.0. The molecule has 0 fully saturated rings. The number of alkyl halides is 3. The van der Waals surface area contributed by atoms with Gasteiger partial charge in [-0.05, 0) is 46.8 Å². The topological polar surface area (TPSA) is 84.9 Å². The first-order valence-electron chi connectivity index (χ1n) is 11.6. The Morgan fingerprint density at radius 2 is 1.55 bits per heavy atom. The molecule has 4 rings (SSSR count). The highest BCUT2D eigenvalue weighted by Crippen LogP contribution is 2.32. The Labute approximate surface area is 216 Å². The van der Waals surface area contributed by atoms with Gasteiger partial charge in [0.25, 0.3) is 5.91 Å². The zero-order valence-electron chi connectivity index (χ0n) is 20.3. The third kappa shape index (κ3) is 6.23. The molecular formula is C29H24F3NO5. The van der Waals surface area contributed by atoms with E-state index < -0.39 is 29.7 Å². The van der Waals surface area contributed by atoms with E-state index in [1.165, 1.54) is 25.3 Å². The van der Waals surface area contributed by atoms with Crippen LogP contribution in [0.4, 0.5) is 13.2 Å². The summed E-state index contributed by atoms with van der Waals surface area (Å²) in [6, 6.07) is 20.6. The number of halogens is 3. The standard InChI is InChI=1S/C29H24F3NO5/c1-37-22-13-8-18(9-14-22)16-25(28(35)36)33-27(34)24-15-10-20-4-2-3-5-23(20)26(24)38-17-19-6-11-21(12-7-19)29(30,31)32/h2-15,25H,16-17H2,1H3,(H,33,34)(H,35,36)/t25-/m0/s1. The molecule has 196 valence electrons. The van der Waals surface area contributed by atoms with E-state index in [-0.39, 0.29) is 24.3 Å². The minimum Gasteiger partial charge on any atom is -0.497 e. The number of aliphatic carboxylic acids is 1. The van der Waals surface area contributed by atoms with Crippen LogP contribution in [0.1, 0.15) is 27.0 Å². The summed E-state index contributed by atoms with van der Waals surface area (Å²) in [6.07, 6.45) is -4.41. The number of hydrogen-bond acceptors (Lipinski definition) is 4. The Morgan fingerprint density at radius 1 is 0.895 bits per heavy atom. The van der Waals surface area contributed by atoms with Gasteiger partial charge in [-0.3, -0.25) is 4.79 Å². The summed E-state index contributed by atoms with van der Waals surface area (Å²) >= 11 is 0. The monoisotopic (exact) mass is 523 g/mol. The van der Waals surface area contributed by atoms with Gasteiger partial charge < -0.3 is 19.9 Å². The van der Waals surface area contributed by atoms with Gasteiger partial charge >= 0.3 is 12.1 Å². The third-order valence-electron chi connectivity index (χ3n) is 5.99. The summed E-state index contributed by atoms with van der Waals surface area (Å²) in [7, 11) is 1.52. The van der Waals surface area contributed by atoms with E-state index >= 15 is 0 Å². The van der Waals surface area contributed by atoms with Gasteiger partial charge in [0.05, 0.1) is 18.2 Å². The van der Waals surface area contributed by atoms with Crippen LogP contribution in [0.5, 0.6) is 11.5 Å². The summed E-state index contributed by atoms with van der Waals surface area (Å²) < 4.78 is 49.8. The lowest BCUT2D eigenvalue weighted by molar-refractivity contribution is -0.139. The van der Waals surface area contributed by atoms with Crippen LogP contribution in [0.2, 0.25) is 0 Å². The first kappa shape index (κ1) is 26.5. The molecule has 0 saturated carbocycles. The molecule has 0 bridgehead atoms. The second kappa shape index (κ2) is 11.2. The first-order chi connectivity index (χ1) is 18.2. The number of carboxylic acid groups (broad SMARTS) is 1. The number of rotatable bonds is 9. The van der Waals surface area contributed by atoms with Gasteiger partial charge in [0.1, 0.15) is 24.1 Å². The second-order valence-electron chi connectivity index (χ2n) is 8.56. The van der Waals surface area contributed by atoms with Gasteiger partial charge in [-0.2, -0.15) is 13.2 Å². The molecule has 9 heteroatoms.